The van der Waals surface area contributed by atoms with Crippen LogP contribution in [0.5, 0.6) is 0 Å². The van der Waals surface area contributed by atoms with E-state index in [0.717, 1.165) is 54.0 Å². The van der Waals surface area contributed by atoms with Crippen LogP contribution in [-0.4, -0.2) is 22.2 Å². The van der Waals surface area contributed by atoms with Gasteiger partial charge in [-0.05, 0) is 60.9 Å². The van der Waals surface area contributed by atoms with Gasteiger partial charge in [0.1, 0.15) is 0 Å². The van der Waals surface area contributed by atoms with E-state index in [0.29, 0.717) is 0 Å². The van der Waals surface area contributed by atoms with Gasteiger partial charge >= 0.3 is 0 Å². The molecule has 2 aromatic carbocycles. The highest BCUT2D eigenvalue weighted by atomic mass is 16.2. The Morgan fingerprint density at radius 2 is 1.93 bits per heavy atom. The van der Waals surface area contributed by atoms with Crippen LogP contribution in [-0.2, 0) is 18.3 Å². The molecular formula is C25H28N4O. The third-order valence-electron chi connectivity index (χ3n) is 5.02. The largest absolute Gasteiger partial charge is 0.399 e. The minimum absolute atomic E-state index is 0.120. The lowest BCUT2D eigenvalue weighted by Crippen LogP contribution is -2.33. The quantitative estimate of drug-likeness (QED) is 0.486. The standard InChI is InChI=1S/C15H17N3O.C10H11N/c1-11(19)18-9-3-4-12-10-13(5-6-15(12)18)14-7-8-16-17(14)2;1-2-3-4-9-5-7-10(11)8-6-9/h5-8,10H,3-4,9H2,1-2H3;5-8H,2,11H2,1H3. The number of nitrogens with two attached hydrogens (primary N) is 1. The predicted octanol–water partition coefficient (Wildman–Crippen LogP) is 4.42. The summed E-state index contributed by atoms with van der Waals surface area (Å²) < 4.78 is 1.87. The molecule has 30 heavy (non-hydrogen) atoms. The Kier molecular flexibility index (Phi) is 6.92. The van der Waals surface area contributed by atoms with Crippen molar-refractivity contribution in [2.24, 2.45) is 7.05 Å². The minimum Gasteiger partial charge on any atom is -0.399 e. The Morgan fingerprint density at radius 1 is 1.17 bits per heavy atom. The molecule has 0 saturated heterocycles. The van der Waals surface area contributed by atoms with Crippen LogP contribution in [0.3, 0.4) is 0 Å². The molecule has 1 amide bonds. The number of carbonyl (C=O) groups excluding carboxylic acids is 1. The lowest BCUT2D eigenvalue weighted by atomic mass is 9.98. The summed E-state index contributed by atoms with van der Waals surface area (Å²) in [6, 6.07) is 15.9. The third-order valence-corrected chi connectivity index (χ3v) is 5.02. The summed E-state index contributed by atoms with van der Waals surface area (Å²) in [6.45, 7) is 4.49. The van der Waals surface area contributed by atoms with Gasteiger partial charge in [-0.1, -0.05) is 24.8 Å². The van der Waals surface area contributed by atoms with E-state index in [4.69, 9.17) is 5.73 Å². The normalized spacial score (nSPS) is 12.2. The second-order valence-electron chi connectivity index (χ2n) is 7.24. The fourth-order valence-corrected chi connectivity index (χ4v) is 3.50. The van der Waals surface area contributed by atoms with Crippen molar-refractivity contribution in [3.8, 4) is 23.1 Å². The van der Waals surface area contributed by atoms with Crippen LogP contribution in [0.15, 0.2) is 54.7 Å². The maximum atomic E-state index is 11.6. The lowest BCUT2D eigenvalue weighted by Gasteiger charge is -2.29. The minimum atomic E-state index is 0.120. The van der Waals surface area contributed by atoms with Gasteiger partial charge in [0.25, 0.3) is 0 Å². The predicted molar refractivity (Wildman–Crippen MR) is 123 cm³/mol. The van der Waals surface area contributed by atoms with Gasteiger partial charge in [0.2, 0.25) is 5.91 Å². The molecule has 2 N–H and O–H groups in total. The van der Waals surface area contributed by atoms with Gasteiger partial charge in [-0.2, -0.15) is 5.10 Å². The molecule has 1 aliphatic heterocycles. The second-order valence-corrected chi connectivity index (χ2v) is 7.24. The molecule has 2 heterocycles. The zero-order valence-electron chi connectivity index (χ0n) is 17.9. The molecule has 4 rings (SSSR count). The van der Waals surface area contributed by atoms with Gasteiger partial charge in [0.15, 0.2) is 0 Å². The fraction of sp³-hybridized carbons (Fsp3) is 0.280. The number of anilines is 2. The van der Waals surface area contributed by atoms with Gasteiger partial charge in [0.05, 0.1) is 5.69 Å². The van der Waals surface area contributed by atoms with Gasteiger partial charge in [-0.15, -0.1) is 0 Å². The monoisotopic (exact) mass is 400 g/mol. The Bertz CT molecular complexity index is 1070. The van der Waals surface area contributed by atoms with Gasteiger partial charge in [-0.25, -0.2) is 0 Å². The second kappa shape index (κ2) is 9.80. The first-order chi connectivity index (χ1) is 14.5. The molecular weight excluding hydrogens is 372 g/mol. The molecule has 0 spiro atoms. The molecule has 0 bridgehead atoms. The molecule has 5 nitrogen and oxygen atoms in total. The van der Waals surface area contributed by atoms with Crippen LogP contribution in [0.1, 0.15) is 37.8 Å². The van der Waals surface area contributed by atoms with Crippen molar-refractivity contribution in [1.82, 2.24) is 9.78 Å². The van der Waals surface area contributed by atoms with E-state index in [2.05, 4.69) is 35.1 Å². The smallest absolute Gasteiger partial charge is 0.223 e. The summed E-state index contributed by atoms with van der Waals surface area (Å²) in [4.78, 5) is 13.5. The van der Waals surface area contributed by atoms with Gasteiger partial charge < -0.3 is 10.6 Å². The van der Waals surface area contributed by atoms with Crippen LogP contribution < -0.4 is 10.6 Å². The van der Waals surface area contributed by atoms with E-state index >= 15 is 0 Å². The molecule has 5 heteroatoms. The fourth-order valence-electron chi connectivity index (χ4n) is 3.50. The number of carbonyl (C=O) groups is 1. The molecule has 1 aliphatic rings. The van der Waals surface area contributed by atoms with E-state index in [1.165, 1.54) is 5.56 Å². The molecule has 154 valence electrons. The zero-order chi connectivity index (χ0) is 21.5. The van der Waals surface area contributed by atoms with Crippen molar-refractivity contribution in [2.45, 2.75) is 33.1 Å². The summed E-state index contributed by atoms with van der Waals surface area (Å²) in [6.07, 6.45) is 4.76. The lowest BCUT2D eigenvalue weighted by molar-refractivity contribution is -0.116. The molecule has 0 unspecified atom stereocenters. The number of benzene rings is 2. The number of nitrogens with zero attached hydrogens (tertiary/aromatic N) is 3. The Morgan fingerprint density at radius 3 is 2.57 bits per heavy atom. The van der Waals surface area contributed by atoms with Gasteiger partial charge in [0, 0.05) is 55.6 Å². The number of hydrogen-bond acceptors (Lipinski definition) is 3. The molecule has 0 saturated carbocycles. The number of rotatable bonds is 1. The number of aromatic nitrogens is 2. The number of amides is 1. The SMILES string of the molecule is CC(=O)N1CCCc2cc(-c3ccnn3C)ccc21.CCC#Cc1ccc(N)cc1. The number of hydrogen-bond donors (Lipinski definition) is 1. The molecule has 0 aliphatic carbocycles. The van der Waals surface area contributed by atoms with Crippen molar-refractivity contribution in [3.63, 3.8) is 0 Å². The average molecular weight is 401 g/mol. The molecule has 0 radical (unpaired) electrons. The molecule has 0 fully saturated rings. The summed E-state index contributed by atoms with van der Waals surface area (Å²) in [5.41, 5.74) is 11.9. The van der Waals surface area contributed by atoms with E-state index in [9.17, 15) is 4.79 Å². The summed E-state index contributed by atoms with van der Waals surface area (Å²) in [5, 5.41) is 4.20. The number of aryl methyl sites for hydroxylation is 2. The Hall–Kier alpha value is -3.52. The highest BCUT2D eigenvalue weighted by Gasteiger charge is 2.20. The first-order valence-electron chi connectivity index (χ1n) is 10.2. The molecule has 1 aromatic heterocycles. The van der Waals surface area contributed by atoms with Crippen LogP contribution in [0.25, 0.3) is 11.3 Å². The molecule has 3 aromatic rings. The van der Waals surface area contributed by atoms with Crippen LogP contribution in [0.4, 0.5) is 11.4 Å². The van der Waals surface area contributed by atoms with Crippen LogP contribution >= 0.6 is 0 Å². The Balaban J connectivity index is 0.000000199. The van der Waals surface area contributed by atoms with E-state index in [1.54, 1.807) is 13.1 Å². The summed E-state index contributed by atoms with van der Waals surface area (Å²) >= 11 is 0. The summed E-state index contributed by atoms with van der Waals surface area (Å²) in [5.74, 6) is 6.13. The maximum absolute atomic E-state index is 11.6. The van der Waals surface area contributed by atoms with E-state index < -0.39 is 0 Å². The van der Waals surface area contributed by atoms with E-state index in [1.807, 2.05) is 53.9 Å². The third kappa shape index (κ3) is 5.09. The van der Waals surface area contributed by atoms with Gasteiger partial charge in [-0.3, -0.25) is 9.48 Å². The van der Waals surface area contributed by atoms with E-state index in [-0.39, 0.29) is 5.91 Å². The highest BCUT2D eigenvalue weighted by Crippen LogP contribution is 2.31. The number of nitrogen functional groups attached to an aromatic ring is 1. The molecule has 0 atom stereocenters. The van der Waals surface area contributed by atoms with Crippen molar-refractivity contribution >= 4 is 17.3 Å². The van der Waals surface area contributed by atoms with Crippen molar-refractivity contribution in [3.05, 3.63) is 65.9 Å². The zero-order valence-corrected chi connectivity index (χ0v) is 17.9. The average Bonchev–Trinajstić information content (AvgIpc) is 3.18. The number of fused-ring (bicyclic) bond motifs is 1. The van der Waals surface area contributed by atoms with Crippen molar-refractivity contribution in [1.29, 1.82) is 0 Å². The van der Waals surface area contributed by atoms with Crippen molar-refractivity contribution < 1.29 is 4.79 Å². The first-order valence-corrected chi connectivity index (χ1v) is 10.2. The van der Waals surface area contributed by atoms with Crippen LogP contribution in [0.2, 0.25) is 0 Å². The topological polar surface area (TPSA) is 64.2 Å². The summed E-state index contributed by atoms with van der Waals surface area (Å²) in [7, 11) is 1.94. The maximum Gasteiger partial charge on any atom is 0.223 e. The first kappa shape index (κ1) is 21.2. The Labute approximate surface area is 178 Å². The van der Waals surface area contributed by atoms with Crippen LogP contribution in [0, 0.1) is 11.8 Å². The highest BCUT2D eigenvalue weighted by molar-refractivity contribution is 5.93. The van der Waals surface area contributed by atoms with Crippen molar-refractivity contribution in [2.75, 3.05) is 17.2 Å².